The topological polar surface area (TPSA) is 46.5 Å². The number of hydrogen-bond acceptors (Lipinski definition) is 3. The lowest BCUT2D eigenvalue weighted by molar-refractivity contribution is -0.142. The van der Waals surface area contributed by atoms with Gasteiger partial charge in [-0.05, 0) is 44.4 Å². The Labute approximate surface area is 85.5 Å². The maximum Gasteiger partial charge on any atom is 0.302 e. The zero-order valence-corrected chi connectivity index (χ0v) is 9.03. The van der Waals surface area contributed by atoms with Gasteiger partial charge < -0.3 is 9.84 Å². The Balaban J connectivity index is 2.19. The molecular weight excluding hydrogens is 180 g/mol. The smallest absolute Gasteiger partial charge is 0.302 e. The molecule has 1 aliphatic rings. The van der Waals surface area contributed by atoms with E-state index in [1.165, 1.54) is 6.92 Å². The molecule has 82 valence electrons. The Kier molecular flexibility index (Phi) is 4.39. The number of aliphatic hydroxyl groups is 1. The molecule has 0 saturated heterocycles. The Morgan fingerprint density at radius 3 is 2.43 bits per heavy atom. The first-order valence-corrected chi connectivity index (χ1v) is 5.41. The summed E-state index contributed by atoms with van der Waals surface area (Å²) in [7, 11) is 0. The molecule has 3 nitrogen and oxygen atoms in total. The van der Waals surface area contributed by atoms with Gasteiger partial charge in [0.05, 0.1) is 12.7 Å². The van der Waals surface area contributed by atoms with Crippen molar-refractivity contribution in [3.63, 3.8) is 0 Å². The van der Waals surface area contributed by atoms with E-state index in [4.69, 9.17) is 4.74 Å². The third-order valence-corrected chi connectivity index (χ3v) is 3.10. The molecule has 1 aliphatic carbocycles. The van der Waals surface area contributed by atoms with Crippen LogP contribution in [-0.2, 0) is 9.53 Å². The van der Waals surface area contributed by atoms with Crippen molar-refractivity contribution in [1.29, 1.82) is 0 Å². The quantitative estimate of drug-likeness (QED) is 0.706. The van der Waals surface area contributed by atoms with Crippen LogP contribution in [0.4, 0.5) is 0 Å². The van der Waals surface area contributed by atoms with Gasteiger partial charge in [-0.25, -0.2) is 0 Å². The summed E-state index contributed by atoms with van der Waals surface area (Å²) >= 11 is 0. The lowest BCUT2D eigenvalue weighted by Crippen LogP contribution is -2.25. The summed E-state index contributed by atoms with van der Waals surface area (Å²) in [5, 5.41) is 9.40. The molecule has 3 heteroatoms. The van der Waals surface area contributed by atoms with Crippen molar-refractivity contribution in [3.8, 4) is 0 Å². The van der Waals surface area contributed by atoms with Gasteiger partial charge in [0, 0.05) is 6.92 Å². The summed E-state index contributed by atoms with van der Waals surface area (Å²) in [6, 6.07) is 0. The van der Waals surface area contributed by atoms with Crippen LogP contribution in [0.1, 0.15) is 39.5 Å². The zero-order valence-electron chi connectivity index (χ0n) is 9.03. The average Bonchev–Trinajstić information content (AvgIpc) is 2.15. The molecule has 14 heavy (non-hydrogen) atoms. The van der Waals surface area contributed by atoms with E-state index in [2.05, 4.69) is 0 Å². The van der Waals surface area contributed by atoms with E-state index < -0.39 is 0 Å². The van der Waals surface area contributed by atoms with Crippen LogP contribution in [0.25, 0.3) is 0 Å². The molecule has 0 aromatic carbocycles. The van der Waals surface area contributed by atoms with Crippen LogP contribution in [0.3, 0.4) is 0 Å². The van der Waals surface area contributed by atoms with E-state index in [1.807, 2.05) is 6.92 Å². The van der Waals surface area contributed by atoms with Gasteiger partial charge in [0.1, 0.15) is 0 Å². The SMILES string of the molecule is CC(=O)OCC1CCC(C(C)O)CC1. The van der Waals surface area contributed by atoms with Crippen LogP contribution in [-0.4, -0.2) is 23.8 Å². The Morgan fingerprint density at radius 2 is 2.00 bits per heavy atom. The molecule has 0 radical (unpaired) electrons. The van der Waals surface area contributed by atoms with Crippen LogP contribution >= 0.6 is 0 Å². The van der Waals surface area contributed by atoms with Crippen molar-refractivity contribution in [1.82, 2.24) is 0 Å². The van der Waals surface area contributed by atoms with Gasteiger partial charge in [-0.3, -0.25) is 4.79 Å². The highest BCUT2D eigenvalue weighted by Crippen LogP contribution is 2.30. The molecule has 0 aliphatic heterocycles. The highest BCUT2D eigenvalue weighted by Gasteiger charge is 2.24. The van der Waals surface area contributed by atoms with Crippen molar-refractivity contribution >= 4 is 5.97 Å². The number of aliphatic hydroxyl groups excluding tert-OH is 1. The van der Waals surface area contributed by atoms with E-state index in [1.54, 1.807) is 0 Å². The van der Waals surface area contributed by atoms with E-state index in [-0.39, 0.29) is 12.1 Å². The predicted octanol–water partition coefficient (Wildman–Crippen LogP) is 1.74. The molecule has 1 atom stereocenters. The molecule has 0 bridgehead atoms. The Bertz CT molecular complexity index is 181. The van der Waals surface area contributed by atoms with E-state index in [0.29, 0.717) is 18.4 Å². The first kappa shape index (κ1) is 11.5. The summed E-state index contributed by atoms with van der Waals surface area (Å²) in [5.74, 6) is 0.764. The fourth-order valence-electron chi connectivity index (χ4n) is 2.07. The van der Waals surface area contributed by atoms with Gasteiger partial charge >= 0.3 is 5.97 Å². The lowest BCUT2D eigenvalue weighted by atomic mass is 9.80. The van der Waals surface area contributed by atoms with Gasteiger partial charge in [-0.1, -0.05) is 0 Å². The summed E-state index contributed by atoms with van der Waals surface area (Å²) in [6.07, 6.45) is 4.07. The molecule has 0 aromatic rings. The number of esters is 1. The van der Waals surface area contributed by atoms with Crippen LogP contribution < -0.4 is 0 Å². The van der Waals surface area contributed by atoms with Crippen molar-refractivity contribution < 1.29 is 14.6 Å². The summed E-state index contributed by atoms with van der Waals surface area (Å²) in [4.78, 5) is 10.6. The molecule has 1 saturated carbocycles. The summed E-state index contributed by atoms with van der Waals surface area (Å²) in [5.41, 5.74) is 0. The molecule has 1 rings (SSSR count). The van der Waals surface area contributed by atoms with Crippen molar-refractivity contribution in [2.24, 2.45) is 11.8 Å². The van der Waals surface area contributed by atoms with Crippen molar-refractivity contribution in [3.05, 3.63) is 0 Å². The van der Waals surface area contributed by atoms with Crippen LogP contribution in [0.2, 0.25) is 0 Å². The minimum atomic E-state index is -0.192. The zero-order chi connectivity index (χ0) is 10.6. The second-order valence-electron chi connectivity index (χ2n) is 4.32. The van der Waals surface area contributed by atoms with Crippen LogP contribution in [0.5, 0.6) is 0 Å². The predicted molar refractivity (Wildman–Crippen MR) is 53.8 cm³/mol. The maximum absolute atomic E-state index is 10.6. The Hall–Kier alpha value is -0.570. The minimum absolute atomic E-state index is 0.190. The molecule has 0 amide bonds. The molecule has 0 spiro atoms. The number of rotatable bonds is 3. The van der Waals surface area contributed by atoms with Crippen molar-refractivity contribution in [2.45, 2.75) is 45.6 Å². The maximum atomic E-state index is 10.6. The fraction of sp³-hybridized carbons (Fsp3) is 0.909. The van der Waals surface area contributed by atoms with E-state index in [9.17, 15) is 9.90 Å². The standard InChI is InChI=1S/C11H20O3/c1-8(12)11-5-3-10(4-6-11)7-14-9(2)13/h8,10-12H,3-7H2,1-2H3. The largest absolute Gasteiger partial charge is 0.466 e. The fourth-order valence-corrected chi connectivity index (χ4v) is 2.07. The number of hydrogen-bond donors (Lipinski definition) is 1. The Morgan fingerprint density at radius 1 is 1.43 bits per heavy atom. The number of carbonyl (C=O) groups is 1. The summed E-state index contributed by atoms with van der Waals surface area (Å²) < 4.78 is 4.98. The highest BCUT2D eigenvalue weighted by molar-refractivity contribution is 5.65. The van der Waals surface area contributed by atoms with Gasteiger partial charge in [0.25, 0.3) is 0 Å². The van der Waals surface area contributed by atoms with Gasteiger partial charge in [-0.2, -0.15) is 0 Å². The monoisotopic (exact) mass is 200 g/mol. The van der Waals surface area contributed by atoms with E-state index in [0.717, 1.165) is 25.7 Å². The third kappa shape index (κ3) is 3.66. The second-order valence-corrected chi connectivity index (χ2v) is 4.32. The van der Waals surface area contributed by atoms with Crippen LogP contribution in [0, 0.1) is 11.8 Å². The second kappa shape index (κ2) is 5.35. The normalized spacial score (nSPS) is 29.6. The van der Waals surface area contributed by atoms with Crippen LogP contribution in [0.15, 0.2) is 0 Å². The highest BCUT2D eigenvalue weighted by atomic mass is 16.5. The first-order chi connectivity index (χ1) is 6.59. The number of carbonyl (C=O) groups excluding carboxylic acids is 1. The van der Waals surface area contributed by atoms with Gasteiger partial charge in [0.2, 0.25) is 0 Å². The number of ether oxygens (including phenoxy) is 1. The lowest BCUT2D eigenvalue weighted by Gasteiger charge is -2.29. The van der Waals surface area contributed by atoms with Gasteiger partial charge in [-0.15, -0.1) is 0 Å². The molecular formula is C11H20O3. The minimum Gasteiger partial charge on any atom is -0.466 e. The third-order valence-electron chi connectivity index (χ3n) is 3.10. The molecule has 0 heterocycles. The first-order valence-electron chi connectivity index (χ1n) is 5.41. The molecule has 1 fully saturated rings. The van der Waals surface area contributed by atoms with E-state index >= 15 is 0 Å². The molecule has 1 N–H and O–H groups in total. The van der Waals surface area contributed by atoms with Gasteiger partial charge in [0.15, 0.2) is 0 Å². The van der Waals surface area contributed by atoms with Crippen molar-refractivity contribution in [2.75, 3.05) is 6.61 Å². The average molecular weight is 200 g/mol. The molecule has 1 unspecified atom stereocenters. The summed E-state index contributed by atoms with van der Waals surface area (Å²) in [6.45, 7) is 3.86. The molecule has 0 aromatic heterocycles.